The van der Waals surface area contributed by atoms with E-state index in [-0.39, 0.29) is 0 Å². The van der Waals surface area contributed by atoms with Crippen molar-refractivity contribution in [1.82, 2.24) is 5.32 Å². The fraction of sp³-hybridized carbons (Fsp3) is 0.917. The quantitative estimate of drug-likeness (QED) is 0.780. The Kier molecular flexibility index (Phi) is 5.12. The van der Waals surface area contributed by atoms with E-state index < -0.39 is 11.5 Å². The standard InChI is InChI=1S/C12H23NO2S/c1-4-10(9(2)3)13-12(11(14)15)5-7-16-8-6-12/h9-10,13H,4-8H2,1-3H3,(H,14,15). The van der Waals surface area contributed by atoms with Crippen molar-refractivity contribution in [2.75, 3.05) is 11.5 Å². The minimum Gasteiger partial charge on any atom is -0.480 e. The van der Waals surface area contributed by atoms with Crippen molar-refractivity contribution in [3.8, 4) is 0 Å². The van der Waals surface area contributed by atoms with Crippen molar-refractivity contribution in [2.45, 2.75) is 51.6 Å². The molecule has 0 bridgehead atoms. The van der Waals surface area contributed by atoms with Gasteiger partial charge in [0.1, 0.15) is 5.54 Å². The Morgan fingerprint density at radius 1 is 1.44 bits per heavy atom. The van der Waals surface area contributed by atoms with Crippen LogP contribution in [0.1, 0.15) is 40.0 Å². The highest BCUT2D eigenvalue weighted by atomic mass is 32.2. The zero-order valence-electron chi connectivity index (χ0n) is 10.5. The second kappa shape index (κ2) is 5.92. The molecular formula is C12H23NO2S. The molecule has 0 radical (unpaired) electrons. The van der Waals surface area contributed by atoms with Crippen LogP contribution in [0.2, 0.25) is 0 Å². The van der Waals surface area contributed by atoms with Crippen LogP contribution in [-0.4, -0.2) is 34.2 Å². The summed E-state index contributed by atoms with van der Waals surface area (Å²) in [5.74, 6) is 1.71. The summed E-state index contributed by atoms with van der Waals surface area (Å²) >= 11 is 1.85. The molecule has 0 aliphatic carbocycles. The monoisotopic (exact) mass is 245 g/mol. The molecule has 4 heteroatoms. The minimum absolute atomic E-state index is 0.305. The molecule has 0 aromatic heterocycles. The maximum atomic E-state index is 11.5. The van der Waals surface area contributed by atoms with Crippen molar-refractivity contribution in [1.29, 1.82) is 0 Å². The van der Waals surface area contributed by atoms with Crippen molar-refractivity contribution in [2.24, 2.45) is 5.92 Å². The summed E-state index contributed by atoms with van der Waals surface area (Å²) in [5.41, 5.74) is -0.670. The molecule has 1 unspecified atom stereocenters. The molecule has 1 aliphatic heterocycles. The van der Waals surface area contributed by atoms with Gasteiger partial charge in [0.25, 0.3) is 0 Å². The Bertz CT molecular complexity index is 237. The van der Waals surface area contributed by atoms with Gasteiger partial charge in [-0.2, -0.15) is 11.8 Å². The van der Waals surface area contributed by atoms with E-state index in [0.29, 0.717) is 12.0 Å². The second-order valence-corrected chi connectivity index (χ2v) is 6.13. The molecule has 1 fully saturated rings. The van der Waals surface area contributed by atoms with Crippen molar-refractivity contribution in [3.05, 3.63) is 0 Å². The van der Waals surface area contributed by atoms with Gasteiger partial charge in [-0.05, 0) is 36.7 Å². The molecule has 16 heavy (non-hydrogen) atoms. The molecule has 0 saturated carbocycles. The fourth-order valence-corrected chi connectivity index (χ4v) is 3.42. The van der Waals surface area contributed by atoms with Crippen LogP contribution in [0.5, 0.6) is 0 Å². The van der Waals surface area contributed by atoms with E-state index in [1.165, 1.54) is 0 Å². The third-order valence-corrected chi connectivity index (χ3v) is 4.45. The summed E-state index contributed by atoms with van der Waals surface area (Å²) in [6.45, 7) is 6.41. The molecule has 1 atom stereocenters. The molecule has 1 heterocycles. The normalized spacial score (nSPS) is 22.0. The molecule has 1 saturated heterocycles. The zero-order valence-corrected chi connectivity index (χ0v) is 11.3. The van der Waals surface area contributed by atoms with Crippen LogP contribution >= 0.6 is 11.8 Å². The van der Waals surface area contributed by atoms with Gasteiger partial charge in [0, 0.05) is 6.04 Å². The molecule has 0 spiro atoms. The highest BCUT2D eigenvalue weighted by Gasteiger charge is 2.41. The minimum atomic E-state index is -0.674. The van der Waals surface area contributed by atoms with Gasteiger partial charge >= 0.3 is 5.97 Å². The Morgan fingerprint density at radius 3 is 2.38 bits per heavy atom. The maximum absolute atomic E-state index is 11.5. The first-order chi connectivity index (χ1) is 7.52. The number of rotatable bonds is 5. The summed E-state index contributed by atoms with van der Waals surface area (Å²) in [4.78, 5) is 11.5. The number of hydrogen-bond acceptors (Lipinski definition) is 3. The second-order valence-electron chi connectivity index (χ2n) is 4.90. The number of carboxylic acids is 1. The number of aliphatic carboxylic acids is 1. The van der Waals surface area contributed by atoms with Crippen LogP contribution in [0.15, 0.2) is 0 Å². The Labute approximate surface area is 102 Å². The van der Waals surface area contributed by atoms with Gasteiger partial charge in [-0.25, -0.2) is 0 Å². The zero-order chi connectivity index (χ0) is 12.2. The lowest BCUT2D eigenvalue weighted by Gasteiger charge is -2.38. The Morgan fingerprint density at radius 2 is 2.00 bits per heavy atom. The lowest BCUT2D eigenvalue weighted by Crippen LogP contribution is -2.58. The summed E-state index contributed by atoms with van der Waals surface area (Å²) in [6, 6.07) is 0.305. The summed E-state index contributed by atoms with van der Waals surface area (Å²) in [7, 11) is 0. The van der Waals surface area contributed by atoms with Gasteiger partial charge in [0.15, 0.2) is 0 Å². The SMILES string of the molecule is CCC(NC1(C(=O)O)CCSCC1)C(C)C. The van der Waals surface area contributed by atoms with E-state index in [0.717, 1.165) is 30.8 Å². The predicted molar refractivity (Wildman–Crippen MR) is 69.0 cm³/mol. The molecular weight excluding hydrogens is 222 g/mol. The van der Waals surface area contributed by atoms with Crippen molar-refractivity contribution < 1.29 is 9.90 Å². The number of hydrogen-bond donors (Lipinski definition) is 2. The first-order valence-electron chi connectivity index (χ1n) is 6.10. The first-order valence-corrected chi connectivity index (χ1v) is 7.26. The smallest absolute Gasteiger partial charge is 0.323 e. The average Bonchev–Trinajstić information content (AvgIpc) is 2.26. The van der Waals surface area contributed by atoms with E-state index >= 15 is 0 Å². The molecule has 0 aromatic carbocycles. The van der Waals surface area contributed by atoms with Gasteiger partial charge in [-0.1, -0.05) is 20.8 Å². The number of nitrogens with one attached hydrogen (secondary N) is 1. The Balaban J connectivity index is 2.73. The van der Waals surface area contributed by atoms with E-state index in [1.807, 2.05) is 11.8 Å². The topological polar surface area (TPSA) is 49.3 Å². The van der Waals surface area contributed by atoms with E-state index in [2.05, 4.69) is 26.1 Å². The average molecular weight is 245 g/mol. The maximum Gasteiger partial charge on any atom is 0.323 e. The molecule has 0 amide bonds. The van der Waals surface area contributed by atoms with E-state index in [1.54, 1.807) is 0 Å². The van der Waals surface area contributed by atoms with Crippen LogP contribution in [0.25, 0.3) is 0 Å². The van der Waals surface area contributed by atoms with Crippen molar-refractivity contribution in [3.63, 3.8) is 0 Å². The van der Waals surface area contributed by atoms with Crippen LogP contribution < -0.4 is 5.32 Å². The predicted octanol–water partition coefficient (Wildman–Crippen LogP) is 2.36. The van der Waals surface area contributed by atoms with Crippen LogP contribution in [-0.2, 0) is 4.79 Å². The number of carboxylic acid groups (broad SMARTS) is 1. The van der Waals surface area contributed by atoms with Gasteiger partial charge in [0.2, 0.25) is 0 Å². The third kappa shape index (κ3) is 3.14. The fourth-order valence-electron chi connectivity index (χ4n) is 2.23. The van der Waals surface area contributed by atoms with Crippen LogP contribution in [0, 0.1) is 5.92 Å². The van der Waals surface area contributed by atoms with Crippen LogP contribution in [0.4, 0.5) is 0 Å². The highest BCUT2D eigenvalue weighted by Crippen LogP contribution is 2.29. The largest absolute Gasteiger partial charge is 0.480 e. The number of thioether (sulfide) groups is 1. The van der Waals surface area contributed by atoms with Gasteiger partial charge < -0.3 is 5.11 Å². The van der Waals surface area contributed by atoms with Crippen molar-refractivity contribution >= 4 is 17.7 Å². The Hall–Kier alpha value is -0.220. The summed E-state index contributed by atoms with van der Waals surface area (Å²) in [5, 5.41) is 12.8. The molecule has 1 rings (SSSR count). The molecule has 2 N–H and O–H groups in total. The lowest BCUT2D eigenvalue weighted by molar-refractivity contribution is -0.145. The van der Waals surface area contributed by atoms with Gasteiger partial charge in [0.05, 0.1) is 0 Å². The van der Waals surface area contributed by atoms with E-state index in [9.17, 15) is 9.90 Å². The van der Waals surface area contributed by atoms with E-state index in [4.69, 9.17) is 0 Å². The lowest BCUT2D eigenvalue weighted by atomic mass is 9.88. The third-order valence-electron chi connectivity index (χ3n) is 3.46. The van der Waals surface area contributed by atoms with Gasteiger partial charge in [-0.3, -0.25) is 10.1 Å². The molecule has 1 aliphatic rings. The molecule has 94 valence electrons. The first kappa shape index (κ1) is 13.8. The molecule has 0 aromatic rings. The summed E-state index contributed by atoms with van der Waals surface area (Å²) in [6.07, 6.45) is 2.48. The van der Waals surface area contributed by atoms with Gasteiger partial charge in [-0.15, -0.1) is 0 Å². The highest BCUT2D eigenvalue weighted by molar-refractivity contribution is 7.99. The number of carbonyl (C=O) groups is 1. The summed E-state index contributed by atoms with van der Waals surface area (Å²) < 4.78 is 0. The van der Waals surface area contributed by atoms with Crippen LogP contribution in [0.3, 0.4) is 0 Å². The molecule has 3 nitrogen and oxygen atoms in total.